The highest BCUT2D eigenvalue weighted by Gasteiger charge is 2.40. The van der Waals surface area contributed by atoms with Crippen LogP contribution in [0.25, 0.3) is 0 Å². The Balaban J connectivity index is 0.000000489. The molecule has 0 spiro atoms. The lowest BCUT2D eigenvalue weighted by atomic mass is 9.73. The molecule has 0 saturated heterocycles. The molecular weight excluding hydrogens is 534 g/mol. The minimum absolute atomic E-state index is 0.136. The van der Waals surface area contributed by atoms with Gasteiger partial charge < -0.3 is 10.4 Å². The van der Waals surface area contributed by atoms with Crippen molar-refractivity contribution in [2.75, 3.05) is 13.6 Å². The van der Waals surface area contributed by atoms with Crippen molar-refractivity contribution in [2.45, 2.75) is 92.1 Å². The molecule has 0 bridgehead atoms. The molecule has 5 nitrogen and oxygen atoms in total. The quantitative estimate of drug-likeness (QED) is 0.245. The molecule has 2 atom stereocenters. The lowest BCUT2D eigenvalue weighted by Gasteiger charge is -2.30. The maximum atomic E-state index is 14.0. The Morgan fingerprint density at radius 1 is 0.907 bits per heavy atom. The fourth-order valence-corrected chi connectivity index (χ4v) is 6.01. The van der Waals surface area contributed by atoms with Crippen LogP contribution in [0.4, 0.5) is 0 Å². The van der Waals surface area contributed by atoms with Gasteiger partial charge in [0, 0.05) is 33.4 Å². The molecule has 0 saturated carbocycles. The first-order valence-electron chi connectivity index (χ1n) is 15.9. The first kappa shape index (κ1) is 34.1. The Morgan fingerprint density at radius 3 is 2.14 bits per heavy atom. The van der Waals surface area contributed by atoms with Gasteiger partial charge in [-0.05, 0) is 88.2 Å². The number of hydrogen-bond donors (Lipinski definition) is 2. The van der Waals surface area contributed by atoms with E-state index in [9.17, 15) is 19.5 Å². The lowest BCUT2D eigenvalue weighted by molar-refractivity contribution is 0.0959. The normalized spacial score (nSPS) is 16.9. The third-order valence-electron chi connectivity index (χ3n) is 8.55. The van der Waals surface area contributed by atoms with Crippen molar-refractivity contribution < 1.29 is 19.5 Å². The lowest BCUT2D eigenvalue weighted by Crippen LogP contribution is -2.29. The van der Waals surface area contributed by atoms with E-state index in [0.29, 0.717) is 34.2 Å². The number of carbonyl (C=O) groups is 3. The Bertz CT molecular complexity index is 1420. The molecule has 0 radical (unpaired) electrons. The highest BCUT2D eigenvalue weighted by Crippen LogP contribution is 2.43. The first-order chi connectivity index (χ1) is 20.6. The number of fused-ring (bicyclic) bond motifs is 2. The van der Waals surface area contributed by atoms with Gasteiger partial charge in [-0.2, -0.15) is 0 Å². The Kier molecular flexibility index (Phi) is 12.6. The van der Waals surface area contributed by atoms with Gasteiger partial charge in [0.25, 0.3) is 0 Å². The minimum atomic E-state index is -0.996. The van der Waals surface area contributed by atoms with Crippen molar-refractivity contribution in [2.24, 2.45) is 5.92 Å². The maximum absolute atomic E-state index is 14.0. The standard InChI is InChI=1S/C30H30O4.C8H19N/c1-5-6-9-23-26(25-18(4)27(31)20-10-7-8-11-21(20)29(25)33)30(34)24-16-19(13-12-17(2)3)14-15-22(24)28(23)32;1-4-6-8(5-2)7-9-3/h7-8,10-11,14-16,28,32H,2,5-6,9,12-13H2,1,3-4H3;8-9H,4-7H2,1-3H3. The van der Waals surface area contributed by atoms with Crippen LogP contribution >= 0.6 is 0 Å². The van der Waals surface area contributed by atoms with E-state index >= 15 is 0 Å². The van der Waals surface area contributed by atoms with Crippen molar-refractivity contribution in [3.05, 3.63) is 105 Å². The van der Waals surface area contributed by atoms with Crippen LogP contribution in [0.2, 0.25) is 0 Å². The Morgan fingerprint density at radius 2 is 1.56 bits per heavy atom. The number of Topliss-reactive ketones (excluding diaryl/α,β-unsaturated/α-hetero) is 3. The number of aliphatic hydroxyl groups is 1. The predicted octanol–water partition coefficient (Wildman–Crippen LogP) is 8.34. The molecule has 0 aliphatic heterocycles. The molecule has 0 heterocycles. The molecule has 2 N–H and O–H groups in total. The van der Waals surface area contributed by atoms with Crippen LogP contribution in [0.3, 0.4) is 0 Å². The van der Waals surface area contributed by atoms with Gasteiger partial charge >= 0.3 is 0 Å². The molecule has 230 valence electrons. The number of carbonyl (C=O) groups excluding carboxylic acids is 3. The van der Waals surface area contributed by atoms with Crippen molar-refractivity contribution in [3.8, 4) is 0 Å². The Labute approximate surface area is 258 Å². The van der Waals surface area contributed by atoms with Crippen molar-refractivity contribution in [1.29, 1.82) is 0 Å². The third kappa shape index (κ3) is 7.76. The largest absolute Gasteiger partial charge is 0.384 e. The number of ketones is 3. The number of hydrogen-bond acceptors (Lipinski definition) is 5. The molecule has 2 aliphatic carbocycles. The van der Waals surface area contributed by atoms with Crippen LogP contribution < -0.4 is 5.32 Å². The van der Waals surface area contributed by atoms with Crippen LogP contribution in [0, 0.1) is 5.92 Å². The Hall–Kier alpha value is -3.41. The van der Waals surface area contributed by atoms with Crippen LogP contribution in [0.5, 0.6) is 0 Å². The summed E-state index contributed by atoms with van der Waals surface area (Å²) in [5.41, 5.74) is 4.79. The molecule has 0 amide bonds. The zero-order valence-corrected chi connectivity index (χ0v) is 26.9. The summed E-state index contributed by atoms with van der Waals surface area (Å²) >= 11 is 0. The van der Waals surface area contributed by atoms with Crippen LogP contribution in [-0.4, -0.2) is 36.0 Å². The number of benzene rings is 2. The SMILES string of the molecule is C=C(C)CCc1ccc2c(c1)C(=O)C(C1=C(C)C(=O)c3ccccc3C1=O)=C(CCCC)C2O.CCCC(CC)CNC. The molecular formula is C38H49NO4. The fraction of sp³-hybridized carbons (Fsp3) is 0.447. The first-order valence-corrected chi connectivity index (χ1v) is 15.9. The average Bonchev–Trinajstić information content (AvgIpc) is 3.01. The second kappa shape index (κ2) is 15.9. The summed E-state index contributed by atoms with van der Waals surface area (Å²) in [6.07, 6.45) is 6.67. The van der Waals surface area contributed by atoms with E-state index < -0.39 is 6.10 Å². The number of unbranched alkanes of at least 4 members (excludes halogenated alkanes) is 1. The van der Waals surface area contributed by atoms with E-state index in [0.717, 1.165) is 42.7 Å². The summed E-state index contributed by atoms with van der Waals surface area (Å²) in [5.74, 6) is 0.0217. The molecule has 0 fully saturated rings. The number of rotatable bonds is 12. The number of allylic oxidation sites excluding steroid dienone is 4. The molecule has 2 aromatic rings. The molecule has 4 rings (SSSR count). The molecule has 5 heteroatoms. The predicted molar refractivity (Wildman–Crippen MR) is 176 cm³/mol. The van der Waals surface area contributed by atoms with Gasteiger partial charge in [-0.15, -0.1) is 6.58 Å². The molecule has 2 unspecified atom stereocenters. The average molecular weight is 584 g/mol. The summed E-state index contributed by atoms with van der Waals surface area (Å²) in [6, 6.07) is 12.3. The number of aryl methyl sites for hydroxylation is 1. The molecule has 43 heavy (non-hydrogen) atoms. The summed E-state index contributed by atoms with van der Waals surface area (Å²) in [6.45, 7) is 15.3. The van der Waals surface area contributed by atoms with Crippen LogP contribution in [0.15, 0.2) is 76.9 Å². The van der Waals surface area contributed by atoms with E-state index in [2.05, 4.69) is 25.7 Å². The fourth-order valence-electron chi connectivity index (χ4n) is 6.01. The maximum Gasteiger partial charge on any atom is 0.194 e. The van der Waals surface area contributed by atoms with E-state index in [1.165, 1.54) is 25.8 Å². The van der Waals surface area contributed by atoms with Gasteiger partial charge in [-0.3, -0.25) is 14.4 Å². The minimum Gasteiger partial charge on any atom is -0.384 e. The zero-order chi connectivity index (χ0) is 31.7. The van der Waals surface area contributed by atoms with Gasteiger partial charge in [-0.25, -0.2) is 0 Å². The van der Waals surface area contributed by atoms with E-state index in [1.807, 2.05) is 39.1 Å². The molecule has 0 aromatic heterocycles. The van der Waals surface area contributed by atoms with E-state index in [-0.39, 0.29) is 34.1 Å². The summed E-state index contributed by atoms with van der Waals surface area (Å²) in [5, 5.41) is 14.6. The topological polar surface area (TPSA) is 83.5 Å². The zero-order valence-electron chi connectivity index (χ0n) is 26.9. The van der Waals surface area contributed by atoms with Crippen LogP contribution in [0.1, 0.15) is 128 Å². The monoisotopic (exact) mass is 583 g/mol. The molecule has 2 aromatic carbocycles. The second-order valence-electron chi connectivity index (χ2n) is 11.9. The van der Waals surface area contributed by atoms with E-state index in [1.54, 1.807) is 31.2 Å². The number of nitrogens with one attached hydrogen (secondary N) is 1. The summed E-state index contributed by atoms with van der Waals surface area (Å²) < 4.78 is 0. The number of aliphatic hydroxyl groups excluding tert-OH is 1. The van der Waals surface area contributed by atoms with Gasteiger partial charge in [0.2, 0.25) is 0 Å². The van der Waals surface area contributed by atoms with Gasteiger partial charge in [0.05, 0.1) is 0 Å². The van der Waals surface area contributed by atoms with Crippen LogP contribution in [-0.2, 0) is 6.42 Å². The van der Waals surface area contributed by atoms with Gasteiger partial charge in [0.15, 0.2) is 17.3 Å². The highest BCUT2D eigenvalue weighted by molar-refractivity contribution is 6.33. The smallest absolute Gasteiger partial charge is 0.194 e. The van der Waals surface area contributed by atoms with Crippen molar-refractivity contribution in [3.63, 3.8) is 0 Å². The summed E-state index contributed by atoms with van der Waals surface area (Å²) in [7, 11) is 2.03. The second-order valence-corrected chi connectivity index (χ2v) is 11.9. The third-order valence-corrected chi connectivity index (χ3v) is 8.55. The van der Waals surface area contributed by atoms with Crippen molar-refractivity contribution >= 4 is 17.3 Å². The van der Waals surface area contributed by atoms with E-state index in [4.69, 9.17) is 0 Å². The summed E-state index contributed by atoms with van der Waals surface area (Å²) in [4.78, 5) is 40.7. The highest BCUT2D eigenvalue weighted by atomic mass is 16.3. The van der Waals surface area contributed by atoms with Crippen molar-refractivity contribution in [1.82, 2.24) is 5.32 Å². The van der Waals surface area contributed by atoms with Gasteiger partial charge in [-0.1, -0.05) is 82.0 Å². The molecule has 2 aliphatic rings. The van der Waals surface area contributed by atoms with Gasteiger partial charge in [0.1, 0.15) is 6.10 Å².